The van der Waals surface area contributed by atoms with E-state index in [1.807, 2.05) is 0 Å². The summed E-state index contributed by atoms with van der Waals surface area (Å²) in [7, 11) is 0. The van der Waals surface area contributed by atoms with Crippen LogP contribution in [0.2, 0.25) is 0 Å². The Morgan fingerprint density at radius 1 is 1.82 bits per heavy atom. The van der Waals surface area contributed by atoms with Crippen LogP contribution in [0.25, 0.3) is 0 Å². The van der Waals surface area contributed by atoms with Crippen molar-refractivity contribution in [2.24, 2.45) is 5.92 Å². The summed E-state index contributed by atoms with van der Waals surface area (Å²) in [5.74, 6) is -0.915. The first-order valence-corrected chi connectivity index (χ1v) is 3.68. The lowest BCUT2D eigenvalue weighted by molar-refractivity contribution is -0.109. The van der Waals surface area contributed by atoms with Gasteiger partial charge in [-0.05, 0) is 6.08 Å². The van der Waals surface area contributed by atoms with E-state index in [1.54, 1.807) is 6.92 Å². The molecule has 1 rings (SSSR count). The molecule has 0 radical (unpaired) electrons. The van der Waals surface area contributed by atoms with Crippen molar-refractivity contribution in [3.63, 3.8) is 0 Å². The molecule has 2 unspecified atom stereocenters. The summed E-state index contributed by atoms with van der Waals surface area (Å²) < 4.78 is 12.8. The van der Waals surface area contributed by atoms with E-state index >= 15 is 0 Å². The average molecular weight is 175 g/mol. The molecule has 0 aliphatic heterocycles. The lowest BCUT2D eigenvalue weighted by atomic mass is 9.89. The summed E-state index contributed by atoms with van der Waals surface area (Å²) in [4.78, 5) is 9.28. The van der Waals surface area contributed by atoms with E-state index in [-0.39, 0.29) is 5.83 Å². The van der Waals surface area contributed by atoms with E-state index < -0.39 is 10.8 Å². The highest BCUT2D eigenvalue weighted by atomic mass is 35.5. The number of halogens is 2. The highest BCUT2D eigenvalue weighted by molar-refractivity contribution is 6.33. The van der Waals surface area contributed by atoms with Crippen molar-refractivity contribution in [3.05, 3.63) is 24.1 Å². The molecule has 0 saturated carbocycles. The van der Waals surface area contributed by atoms with Gasteiger partial charge in [0.05, 0.1) is 0 Å². The molecule has 0 saturated heterocycles. The Hall–Kier alpha value is -0.630. The van der Waals surface area contributed by atoms with Gasteiger partial charge in [-0.2, -0.15) is 0 Å². The van der Waals surface area contributed by atoms with Gasteiger partial charge in [0.1, 0.15) is 17.0 Å². The minimum absolute atomic E-state index is 0.352. The lowest BCUT2D eigenvalue weighted by Crippen LogP contribution is -2.31. The third kappa shape index (κ3) is 1.36. The lowest BCUT2D eigenvalue weighted by Gasteiger charge is -2.25. The number of carbonyl (C=O) groups excluding carboxylic acids is 1. The van der Waals surface area contributed by atoms with Crippen LogP contribution in [0.5, 0.6) is 0 Å². The van der Waals surface area contributed by atoms with Crippen molar-refractivity contribution in [3.8, 4) is 0 Å². The molecule has 1 nitrogen and oxygen atoms in total. The van der Waals surface area contributed by atoms with E-state index in [0.29, 0.717) is 6.29 Å². The number of rotatable bonds is 1. The fourth-order valence-corrected chi connectivity index (χ4v) is 1.11. The zero-order valence-electron chi connectivity index (χ0n) is 6.05. The number of aldehydes is 1. The van der Waals surface area contributed by atoms with Crippen LogP contribution in [0.15, 0.2) is 24.1 Å². The van der Waals surface area contributed by atoms with Gasteiger partial charge >= 0.3 is 0 Å². The zero-order chi connectivity index (χ0) is 8.48. The quantitative estimate of drug-likeness (QED) is 0.440. The molecular weight excluding hydrogens is 167 g/mol. The van der Waals surface area contributed by atoms with Gasteiger partial charge in [-0.3, -0.25) is 0 Å². The Labute approximate surface area is 69.5 Å². The predicted molar refractivity (Wildman–Crippen MR) is 42.1 cm³/mol. The Balaban J connectivity index is 2.97. The maximum atomic E-state index is 12.8. The second kappa shape index (κ2) is 2.78. The fourth-order valence-electron chi connectivity index (χ4n) is 0.929. The first-order chi connectivity index (χ1) is 5.10. The molecule has 0 fully saturated rings. The van der Waals surface area contributed by atoms with E-state index in [0.717, 1.165) is 0 Å². The van der Waals surface area contributed by atoms with Crippen LogP contribution in [0.4, 0.5) is 4.39 Å². The van der Waals surface area contributed by atoms with E-state index in [2.05, 4.69) is 0 Å². The normalized spacial score (nSPS) is 36.6. The van der Waals surface area contributed by atoms with Crippen molar-refractivity contribution >= 4 is 17.9 Å². The van der Waals surface area contributed by atoms with Gasteiger partial charge in [-0.15, -0.1) is 11.6 Å². The fraction of sp³-hybridized carbons (Fsp3) is 0.375. The van der Waals surface area contributed by atoms with E-state index in [9.17, 15) is 9.18 Å². The first-order valence-electron chi connectivity index (χ1n) is 3.30. The van der Waals surface area contributed by atoms with Crippen molar-refractivity contribution in [1.82, 2.24) is 0 Å². The molecule has 0 aromatic rings. The number of allylic oxidation sites excluding steroid dienone is 4. The molecule has 60 valence electrons. The molecule has 0 amide bonds. The maximum Gasteiger partial charge on any atom is 0.145 e. The van der Waals surface area contributed by atoms with Crippen LogP contribution >= 0.6 is 11.6 Å². The Bertz CT molecular complexity index is 234. The van der Waals surface area contributed by atoms with Crippen LogP contribution in [0.3, 0.4) is 0 Å². The van der Waals surface area contributed by atoms with Gasteiger partial charge in [0.2, 0.25) is 0 Å². The van der Waals surface area contributed by atoms with Crippen LogP contribution < -0.4 is 0 Å². The summed E-state index contributed by atoms with van der Waals surface area (Å²) in [5, 5.41) is 0. The third-order valence-electron chi connectivity index (χ3n) is 1.87. The smallest absolute Gasteiger partial charge is 0.145 e. The van der Waals surface area contributed by atoms with Gasteiger partial charge < -0.3 is 4.79 Å². The largest absolute Gasteiger partial charge is 0.301 e. The van der Waals surface area contributed by atoms with Crippen molar-refractivity contribution in [2.45, 2.75) is 11.8 Å². The molecule has 1 aliphatic rings. The highest BCUT2D eigenvalue weighted by Gasteiger charge is 2.35. The summed E-state index contributed by atoms with van der Waals surface area (Å²) in [5.41, 5.74) is 0. The second-order valence-corrected chi connectivity index (χ2v) is 3.23. The summed E-state index contributed by atoms with van der Waals surface area (Å²) in [6.07, 6.45) is 4.82. The summed E-state index contributed by atoms with van der Waals surface area (Å²) in [6, 6.07) is 0. The highest BCUT2D eigenvalue weighted by Crippen LogP contribution is 2.34. The molecule has 0 aromatic carbocycles. The Kier molecular flexibility index (Phi) is 2.14. The molecule has 0 spiro atoms. The zero-order valence-corrected chi connectivity index (χ0v) is 6.81. The van der Waals surface area contributed by atoms with Crippen LogP contribution in [-0.2, 0) is 4.79 Å². The van der Waals surface area contributed by atoms with Gasteiger partial charge in [-0.25, -0.2) is 4.39 Å². The molecule has 11 heavy (non-hydrogen) atoms. The molecule has 1 aliphatic carbocycles. The molecule has 2 atom stereocenters. The van der Waals surface area contributed by atoms with Gasteiger partial charge in [-0.1, -0.05) is 19.1 Å². The van der Waals surface area contributed by atoms with Gasteiger partial charge in [0, 0.05) is 5.92 Å². The molecule has 0 N–H and O–H groups in total. The van der Waals surface area contributed by atoms with Crippen LogP contribution in [-0.4, -0.2) is 11.2 Å². The topological polar surface area (TPSA) is 17.1 Å². The van der Waals surface area contributed by atoms with Gasteiger partial charge in [0.25, 0.3) is 0 Å². The summed E-state index contributed by atoms with van der Waals surface area (Å²) in [6.45, 7) is 1.58. The number of hydrogen-bond acceptors (Lipinski definition) is 1. The van der Waals surface area contributed by atoms with Crippen LogP contribution in [0, 0.1) is 5.92 Å². The summed E-state index contributed by atoms with van der Waals surface area (Å²) >= 11 is 5.77. The van der Waals surface area contributed by atoms with Gasteiger partial charge in [0.15, 0.2) is 0 Å². The number of hydrogen-bond donors (Lipinski definition) is 0. The third-order valence-corrected chi connectivity index (χ3v) is 2.41. The van der Waals surface area contributed by atoms with Crippen molar-refractivity contribution in [1.29, 1.82) is 0 Å². The SMILES string of the molecule is CC1C(F)=CC=CC1(Cl)C=O. The Morgan fingerprint density at radius 2 is 2.45 bits per heavy atom. The average Bonchev–Trinajstić information content (AvgIpc) is 2.00. The van der Waals surface area contributed by atoms with Crippen molar-refractivity contribution < 1.29 is 9.18 Å². The monoisotopic (exact) mass is 174 g/mol. The maximum absolute atomic E-state index is 12.8. The first kappa shape index (κ1) is 8.47. The minimum atomic E-state index is -1.18. The molecule has 0 bridgehead atoms. The van der Waals surface area contributed by atoms with Crippen molar-refractivity contribution in [2.75, 3.05) is 0 Å². The molecule has 0 heterocycles. The number of alkyl halides is 1. The van der Waals surface area contributed by atoms with Crippen LogP contribution in [0.1, 0.15) is 6.92 Å². The number of carbonyl (C=O) groups is 1. The Morgan fingerprint density at radius 3 is 2.91 bits per heavy atom. The standard InChI is InChI=1S/C8H8ClFO/c1-6-7(10)3-2-4-8(6,9)5-11/h2-6H,1H3. The molecule has 3 heteroatoms. The molecular formula is C8H8ClFO. The van der Waals surface area contributed by atoms with E-state index in [4.69, 9.17) is 11.6 Å². The minimum Gasteiger partial charge on any atom is -0.301 e. The predicted octanol–water partition coefficient (Wildman–Crippen LogP) is 2.22. The van der Waals surface area contributed by atoms with E-state index in [1.165, 1.54) is 18.2 Å². The molecule has 0 aromatic heterocycles. The second-order valence-electron chi connectivity index (χ2n) is 2.58.